The fraction of sp³-hybridized carbons (Fsp3) is 0.263. The molecule has 1 fully saturated rings. The first-order valence-corrected chi connectivity index (χ1v) is 11.0. The van der Waals surface area contributed by atoms with Gasteiger partial charge in [-0.1, -0.05) is 11.3 Å². The Balaban J connectivity index is 1.51. The van der Waals surface area contributed by atoms with E-state index >= 15 is 0 Å². The lowest BCUT2D eigenvalue weighted by atomic mass is 10.2. The minimum absolute atomic E-state index is 0.194. The second kappa shape index (κ2) is 7.75. The van der Waals surface area contributed by atoms with Crippen LogP contribution in [0, 0.1) is 0 Å². The fourth-order valence-corrected chi connectivity index (χ4v) is 4.46. The van der Waals surface area contributed by atoms with Crippen LogP contribution in [0.2, 0.25) is 0 Å². The highest BCUT2D eigenvalue weighted by atomic mass is 32.2. The van der Waals surface area contributed by atoms with E-state index in [2.05, 4.69) is 15.2 Å². The maximum atomic E-state index is 12.5. The zero-order chi connectivity index (χ0) is 18.8. The molecule has 2 aromatic carbocycles. The van der Waals surface area contributed by atoms with E-state index in [-0.39, 0.29) is 5.91 Å². The third-order valence-electron chi connectivity index (χ3n) is 4.37. The SMILES string of the molecule is CS(=O)c1ccc(C(=O)Nc2ccc3nc(N4CCOCC4)sc3c2)cc1. The minimum atomic E-state index is -1.05. The standard InChI is InChI=1S/C19H19N3O3S2/c1-27(24)15-5-2-13(3-6-15)18(23)20-14-4-7-16-17(12-14)26-19(21-16)22-8-10-25-11-9-22/h2-7,12H,8-11H2,1H3,(H,20,23). The van der Waals surface area contributed by atoms with Crippen molar-refractivity contribution in [2.45, 2.75) is 4.90 Å². The maximum Gasteiger partial charge on any atom is 0.255 e. The molecule has 8 heteroatoms. The first kappa shape index (κ1) is 18.1. The van der Waals surface area contributed by atoms with Crippen LogP contribution in [0.25, 0.3) is 10.2 Å². The van der Waals surface area contributed by atoms with E-state index in [4.69, 9.17) is 4.74 Å². The molecular weight excluding hydrogens is 382 g/mol. The average Bonchev–Trinajstić information content (AvgIpc) is 3.12. The van der Waals surface area contributed by atoms with Gasteiger partial charge in [0.15, 0.2) is 5.13 Å². The van der Waals surface area contributed by atoms with Crippen LogP contribution in [0.4, 0.5) is 10.8 Å². The summed E-state index contributed by atoms with van der Waals surface area (Å²) in [6.45, 7) is 3.15. The minimum Gasteiger partial charge on any atom is -0.378 e. The topological polar surface area (TPSA) is 71.5 Å². The Labute approximate surface area is 163 Å². The highest BCUT2D eigenvalue weighted by Crippen LogP contribution is 2.31. The van der Waals surface area contributed by atoms with Crippen LogP contribution in [0.5, 0.6) is 0 Å². The molecule has 0 spiro atoms. The summed E-state index contributed by atoms with van der Waals surface area (Å²) in [7, 11) is -1.05. The second-order valence-corrected chi connectivity index (χ2v) is 8.60. The van der Waals surface area contributed by atoms with Crippen molar-refractivity contribution in [3.05, 3.63) is 48.0 Å². The second-order valence-electron chi connectivity index (χ2n) is 6.21. The molecule has 140 valence electrons. The molecule has 1 aromatic heterocycles. The molecule has 0 saturated carbocycles. The van der Waals surface area contributed by atoms with Gasteiger partial charge in [-0.05, 0) is 42.5 Å². The van der Waals surface area contributed by atoms with Gasteiger partial charge in [0.1, 0.15) is 0 Å². The molecule has 6 nitrogen and oxygen atoms in total. The zero-order valence-electron chi connectivity index (χ0n) is 14.8. The lowest BCUT2D eigenvalue weighted by Gasteiger charge is -2.25. The number of anilines is 2. The molecular formula is C19H19N3O3S2. The van der Waals surface area contributed by atoms with Crippen molar-refractivity contribution in [2.24, 2.45) is 0 Å². The molecule has 1 aliphatic rings. The number of ether oxygens (including phenoxy) is 1. The van der Waals surface area contributed by atoms with E-state index in [1.807, 2.05) is 18.2 Å². The van der Waals surface area contributed by atoms with Crippen molar-refractivity contribution < 1.29 is 13.7 Å². The summed E-state index contributed by atoms with van der Waals surface area (Å²) in [5.74, 6) is -0.194. The number of carbonyl (C=O) groups is 1. The van der Waals surface area contributed by atoms with Gasteiger partial charge in [-0.3, -0.25) is 9.00 Å². The van der Waals surface area contributed by atoms with E-state index in [9.17, 15) is 9.00 Å². The number of nitrogens with zero attached hydrogens (tertiary/aromatic N) is 2. The number of thiazole rings is 1. The Morgan fingerprint density at radius 3 is 2.63 bits per heavy atom. The van der Waals surface area contributed by atoms with Gasteiger partial charge < -0.3 is 15.0 Å². The Kier molecular flexibility index (Phi) is 5.20. The quantitative estimate of drug-likeness (QED) is 0.727. The molecule has 1 N–H and O–H groups in total. The van der Waals surface area contributed by atoms with Crippen LogP contribution in [0.1, 0.15) is 10.4 Å². The number of nitrogens with one attached hydrogen (secondary N) is 1. The van der Waals surface area contributed by atoms with E-state index in [1.165, 1.54) is 0 Å². The molecule has 3 aromatic rings. The monoisotopic (exact) mass is 401 g/mol. The number of fused-ring (bicyclic) bond motifs is 1. The van der Waals surface area contributed by atoms with Crippen molar-refractivity contribution >= 4 is 49.1 Å². The van der Waals surface area contributed by atoms with Gasteiger partial charge in [0.25, 0.3) is 5.91 Å². The van der Waals surface area contributed by atoms with Crippen molar-refractivity contribution in [1.82, 2.24) is 4.98 Å². The largest absolute Gasteiger partial charge is 0.378 e. The maximum absolute atomic E-state index is 12.5. The van der Waals surface area contributed by atoms with Crippen LogP contribution in [0.3, 0.4) is 0 Å². The van der Waals surface area contributed by atoms with Gasteiger partial charge in [-0.2, -0.15) is 0 Å². The van der Waals surface area contributed by atoms with Crippen LogP contribution in [-0.4, -0.2) is 47.7 Å². The van der Waals surface area contributed by atoms with Gasteiger partial charge in [0.2, 0.25) is 0 Å². The van der Waals surface area contributed by atoms with Gasteiger partial charge >= 0.3 is 0 Å². The number of aromatic nitrogens is 1. The van der Waals surface area contributed by atoms with E-state index in [0.29, 0.717) is 10.5 Å². The van der Waals surface area contributed by atoms with Crippen LogP contribution >= 0.6 is 11.3 Å². The number of carbonyl (C=O) groups excluding carboxylic acids is 1. The molecule has 1 aliphatic heterocycles. The van der Waals surface area contributed by atoms with Crippen molar-refractivity contribution in [1.29, 1.82) is 0 Å². The fourth-order valence-electron chi connectivity index (χ4n) is 2.88. The molecule has 1 atom stereocenters. The summed E-state index contributed by atoms with van der Waals surface area (Å²) in [5.41, 5.74) is 2.18. The third kappa shape index (κ3) is 4.02. The highest BCUT2D eigenvalue weighted by molar-refractivity contribution is 7.84. The summed E-state index contributed by atoms with van der Waals surface area (Å²) >= 11 is 1.62. The van der Waals surface area contributed by atoms with Gasteiger partial charge in [0.05, 0.1) is 23.4 Å². The summed E-state index contributed by atoms with van der Waals surface area (Å²) < 4.78 is 17.9. The smallest absolute Gasteiger partial charge is 0.255 e. The number of hydrogen-bond donors (Lipinski definition) is 1. The number of benzene rings is 2. The van der Waals surface area contributed by atoms with Crippen molar-refractivity contribution in [2.75, 3.05) is 42.8 Å². The normalized spacial score (nSPS) is 15.7. The van der Waals surface area contributed by atoms with Gasteiger partial charge in [-0.15, -0.1) is 0 Å². The molecule has 1 amide bonds. The van der Waals surface area contributed by atoms with Crippen LogP contribution in [-0.2, 0) is 15.5 Å². The predicted molar refractivity (Wildman–Crippen MR) is 109 cm³/mol. The highest BCUT2D eigenvalue weighted by Gasteiger charge is 2.16. The molecule has 27 heavy (non-hydrogen) atoms. The molecule has 2 heterocycles. The van der Waals surface area contributed by atoms with E-state index < -0.39 is 10.8 Å². The number of amides is 1. The summed E-state index contributed by atoms with van der Waals surface area (Å²) in [5, 5.41) is 3.90. The lowest BCUT2D eigenvalue weighted by Crippen LogP contribution is -2.36. The lowest BCUT2D eigenvalue weighted by molar-refractivity contribution is 0.102. The predicted octanol–water partition coefficient (Wildman–Crippen LogP) is 3.12. The van der Waals surface area contributed by atoms with E-state index in [0.717, 1.165) is 47.3 Å². The molecule has 1 saturated heterocycles. The molecule has 0 aliphatic carbocycles. The van der Waals surface area contributed by atoms with Crippen molar-refractivity contribution in [3.8, 4) is 0 Å². The molecule has 1 unspecified atom stereocenters. The number of morpholine rings is 1. The first-order chi connectivity index (χ1) is 13.1. The Morgan fingerprint density at radius 2 is 1.93 bits per heavy atom. The van der Waals surface area contributed by atoms with Crippen molar-refractivity contribution in [3.63, 3.8) is 0 Å². The average molecular weight is 402 g/mol. The number of hydrogen-bond acceptors (Lipinski definition) is 6. The summed E-state index contributed by atoms with van der Waals surface area (Å²) in [6.07, 6.45) is 1.62. The Bertz CT molecular complexity index is 995. The van der Waals surface area contributed by atoms with Gasteiger partial charge in [0, 0.05) is 46.3 Å². The Morgan fingerprint density at radius 1 is 1.19 bits per heavy atom. The molecule has 0 bridgehead atoms. The van der Waals surface area contributed by atoms with Crippen LogP contribution in [0.15, 0.2) is 47.4 Å². The van der Waals surface area contributed by atoms with Crippen LogP contribution < -0.4 is 10.2 Å². The third-order valence-corrected chi connectivity index (χ3v) is 6.38. The summed E-state index contributed by atoms with van der Waals surface area (Å²) in [6, 6.07) is 12.5. The van der Waals surface area contributed by atoms with E-state index in [1.54, 1.807) is 41.9 Å². The number of rotatable bonds is 4. The van der Waals surface area contributed by atoms with Gasteiger partial charge in [-0.25, -0.2) is 4.98 Å². The zero-order valence-corrected chi connectivity index (χ0v) is 16.4. The summed E-state index contributed by atoms with van der Waals surface area (Å²) in [4.78, 5) is 20.1. The first-order valence-electron chi connectivity index (χ1n) is 8.58. The molecule has 4 rings (SSSR count). The molecule has 0 radical (unpaired) electrons. The Hall–Kier alpha value is -2.29.